The fraction of sp³-hybridized carbons (Fsp3) is 0.429. The van der Waals surface area contributed by atoms with Gasteiger partial charge in [-0.1, -0.05) is 29.4 Å². The Bertz CT molecular complexity index is 624. The summed E-state index contributed by atoms with van der Waals surface area (Å²) in [5.41, 5.74) is 2.40. The quantitative estimate of drug-likeness (QED) is 0.946. The summed E-state index contributed by atoms with van der Waals surface area (Å²) >= 11 is 0. The van der Waals surface area contributed by atoms with Crippen molar-refractivity contribution in [3.05, 3.63) is 47.1 Å². The van der Waals surface area contributed by atoms with E-state index < -0.39 is 12.6 Å². The third-order valence-electron chi connectivity index (χ3n) is 3.50. The Morgan fingerprint density at radius 3 is 2.76 bits per heavy atom. The number of aryl methyl sites for hydroxylation is 1. The molecule has 0 fully saturated rings. The minimum atomic E-state index is -4.21. The Kier molecular flexibility index (Phi) is 3.67. The van der Waals surface area contributed by atoms with Gasteiger partial charge in [-0.05, 0) is 17.5 Å². The first-order valence-corrected chi connectivity index (χ1v) is 6.71. The van der Waals surface area contributed by atoms with Gasteiger partial charge >= 0.3 is 6.18 Å². The molecule has 2 heterocycles. The zero-order chi connectivity index (χ0) is 14.9. The zero-order valence-electron chi connectivity index (χ0n) is 11.2. The molecular formula is C14H14F3N3O. The van der Waals surface area contributed by atoms with E-state index in [2.05, 4.69) is 15.5 Å². The van der Waals surface area contributed by atoms with Crippen molar-refractivity contribution in [3.8, 4) is 0 Å². The van der Waals surface area contributed by atoms with E-state index in [1.165, 1.54) is 11.1 Å². The van der Waals surface area contributed by atoms with E-state index in [4.69, 9.17) is 4.52 Å². The average Bonchev–Trinajstić information content (AvgIpc) is 2.93. The summed E-state index contributed by atoms with van der Waals surface area (Å²) < 4.78 is 41.6. The Morgan fingerprint density at radius 1 is 1.24 bits per heavy atom. The summed E-state index contributed by atoms with van der Waals surface area (Å²) in [7, 11) is 0. The second-order valence-electron chi connectivity index (χ2n) is 5.07. The van der Waals surface area contributed by atoms with Crippen molar-refractivity contribution in [1.29, 1.82) is 0 Å². The van der Waals surface area contributed by atoms with Crippen molar-refractivity contribution in [3.63, 3.8) is 0 Å². The largest absolute Gasteiger partial charge is 0.389 e. The van der Waals surface area contributed by atoms with Gasteiger partial charge in [0, 0.05) is 13.0 Å². The van der Waals surface area contributed by atoms with Crippen LogP contribution in [0.25, 0.3) is 0 Å². The molecule has 1 atom stereocenters. The van der Waals surface area contributed by atoms with Crippen LogP contribution in [0, 0.1) is 0 Å². The maximum absolute atomic E-state index is 12.2. The van der Waals surface area contributed by atoms with Gasteiger partial charge in [-0.3, -0.25) is 0 Å². The lowest BCUT2D eigenvalue weighted by Crippen LogP contribution is -2.28. The van der Waals surface area contributed by atoms with E-state index in [9.17, 15) is 13.2 Å². The first-order valence-electron chi connectivity index (χ1n) is 6.71. The molecular weight excluding hydrogens is 283 g/mol. The van der Waals surface area contributed by atoms with Gasteiger partial charge < -0.3 is 9.84 Å². The van der Waals surface area contributed by atoms with E-state index in [0.717, 1.165) is 0 Å². The average molecular weight is 297 g/mol. The van der Waals surface area contributed by atoms with E-state index in [1.54, 1.807) is 0 Å². The summed E-state index contributed by atoms with van der Waals surface area (Å²) in [5.74, 6) is 0.449. The molecule has 2 aromatic rings. The fourth-order valence-corrected chi connectivity index (χ4v) is 2.39. The van der Waals surface area contributed by atoms with Gasteiger partial charge in [0.15, 0.2) is 5.82 Å². The highest BCUT2D eigenvalue weighted by molar-refractivity contribution is 5.30. The molecule has 7 heteroatoms. The zero-order valence-corrected chi connectivity index (χ0v) is 11.2. The maximum atomic E-state index is 12.2. The molecule has 3 rings (SSSR count). The van der Waals surface area contributed by atoms with Crippen LogP contribution < -0.4 is 5.32 Å². The van der Waals surface area contributed by atoms with Gasteiger partial charge in [0.2, 0.25) is 5.89 Å². The van der Waals surface area contributed by atoms with Crippen molar-refractivity contribution in [2.24, 2.45) is 0 Å². The highest BCUT2D eigenvalue weighted by atomic mass is 19.4. The first-order chi connectivity index (χ1) is 10.0. The molecule has 4 nitrogen and oxygen atoms in total. The van der Waals surface area contributed by atoms with Gasteiger partial charge in [0.05, 0.1) is 12.5 Å². The molecule has 1 N–H and O–H groups in total. The van der Waals surface area contributed by atoms with Crippen molar-refractivity contribution in [2.75, 3.05) is 0 Å². The highest BCUT2D eigenvalue weighted by Gasteiger charge is 2.29. The third kappa shape index (κ3) is 3.41. The third-order valence-corrected chi connectivity index (χ3v) is 3.50. The molecule has 21 heavy (non-hydrogen) atoms. The van der Waals surface area contributed by atoms with Crippen LogP contribution in [0.5, 0.6) is 0 Å². The van der Waals surface area contributed by atoms with Crippen LogP contribution in [0.4, 0.5) is 13.2 Å². The predicted molar refractivity (Wildman–Crippen MR) is 68.4 cm³/mol. The number of aromatic nitrogens is 2. The SMILES string of the molecule is FC(F)(F)CCc1noc(C2Cc3ccccc3CN2)n1. The number of rotatable bonds is 3. The predicted octanol–water partition coefficient (Wildman–Crippen LogP) is 2.95. The molecule has 0 bridgehead atoms. The Balaban J connectivity index is 1.67. The van der Waals surface area contributed by atoms with Gasteiger partial charge in [-0.15, -0.1) is 0 Å². The van der Waals surface area contributed by atoms with Crippen LogP contribution in [0.1, 0.15) is 35.3 Å². The molecule has 1 aliphatic heterocycles. The Hall–Kier alpha value is -1.89. The van der Waals surface area contributed by atoms with Crippen molar-refractivity contribution < 1.29 is 17.7 Å². The Labute approximate surface area is 119 Å². The number of hydrogen-bond donors (Lipinski definition) is 1. The standard InChI is InChI=1S/C14H14F3N3O/c15-14(16,17)6-5-12-19-13(21-20-12)11-7-9-3-1-2-4-10(9)8-18-11/h1-4,11,18H,5-8H2. The molecule has 0 spiro atoms. The minimum absolute atomic E-state index is 0.1000. The van der Waals surface area contributed by atoms with E-state index >= 15 is 0 Å². The summed E-state index contributed by atoms with van der Waals surface area (Å²) in [5, 5.41) is 6.88. The molecule has 0 radical (unpaired) electrons. The Morgan fingerprint density at radius 2 is 2.00 bits per heavy atom. The van der Waals surface area contributed by atoms with Gasteiger partial charge in [0.25, 0.3) is 0 Å². The number of nitrogens with zero attached hydrogens (tertiary/aromatic N) is 2. The van der Waals surface area contributed by atoms with Gasteiger partial charge in [0.1, 0.15) is 0 Å². The summed E-state index contributed by atoms with van der Waals surface area (Å²) in [4.78, 5) is 4.07. The minimum Gasteiger partial charge on any atom is -0.338 e. The van der Waals surface area contributed by atoms with Gasteiger partial charge in [-0.2, -0.15) is 18.2 Å². The van der Waals surface area contributed by atoms with Crippen molar-refractivity contribution in [1.82, 2.24) is 15.5 Å². The number of nitrogens with one attached hydrogen (secondary N) is 1. The van der Waals surface area contributed by atoms with Crippen LogP contribution in [0.15, 0.2) is 28.8 Å². The smallest absolute Gasteiger partial charge is 0.338 e. The molecule has 1 aromatic carbocycles. The molecule has 0 saturated heterocycles. The number of benzene rings is 1. The molecule has 1 aromatic heterocycles. The topological polar surface area (TPSA) is 51.0 Å². The van der Waals surface area contributed by atoms with Crippen molar-refractivity contribution >= 4 is 0 Å². The van der Waals surface area contributed by atoms with Crippen LogP contribution in [-0.2, 0) is 19.4 Å². The molecule has 0 saturated carbocycles. The van der Waals surface area contributed by atoms with Gasteiger partial charge in [-0.25, -0.2) is 0 Å². The normalized spacial score (nSPS) is 18.5. The summed E-state index contributed by atoms with van der Waals surface area (Å²) in [6.45, 7) is 0.682. The summed E-state index contributed by atoms with van der Waals surface area (Å²) in [6.07, 6.45) is -4.71. The van der Waals surface area contributed by atoms with E-state index in [-0.39, 0.29) is 18.3 Å². The molecule has 1 unspecified atom stereocenters. The lowest BCUT2D eigenvalue weighted by molar-refractivity contribution is -0.134. The highest BCUT2D eigenvalue weighted by Crippen LogP contribution is 2.26. The van der Waals surface area contributed by atoms with E-state index in [0.29, 0.717) is 18.9 Å². The number of hydrogen-bond acceptors (Lipinski definition) is 4. The van der Waals surface area contributed by atoms with Crippen molar-refractivity contribution in [2.45, 2.75) is 38.0 Å². The number of alkyl halides is 3. The molecule has 1 aliphatic rings. The van der Waals surface area contributed by atoms with Crippen LogP contribution in [0.3, 0.4) is 0 Å². The maximum Gasteiger partial charge on any atom is 0.389 e. The summed E-state index contributed by atoms with van der Waals surface area (Å²) in [6, 6.07) is 7.87. The number of fused-ring (bicyclic) bond motifs is 1. The lowest BCUT2D eigenvalue weighted by Gasteiger charge is -2.23. The van der Waals surface area contributed by atoms with Crippen LogP contribution in [-0.4, -0.2) is 16.3 Å². The molecule has 0 aliphatic carbocycles. The van der Waals surface area contributed by atoms with E-state index in [1.807, 2.05) is 24.3 Å². The fourth-order valence-electron chi connectivity index (χ4n) is 2.39. The second-order valence-corrected chi connectivity index (χ2v) is 5.07. The number of halogens is 3. The molecule has 0 amide bonds. The van der Waals surface area contributed by atoms with Crippen LogP contribution >= 0.6 is 0 Å². The molecule has 112 valence electrons. The second kappa shape index (κ2) is 5.48. The lowest BCUT2D eigenvalue weighted by atomic mass is 9.96. The monoisotopic (exact) mass is 297 g/mol. The van der Waals surface area contributed by atoms with Crippen LogP contribution in [0.2, 0.25) is 0 Å². The first kappa shape index (κ1) is 14.1.